The molecule has 0 radical (unpaired) electrons. The number of aliphatic imine (C=N–C) groups is 1. The Bertz CT molecular complexity index is 674. The molecule has 0 aliphatic rings. The summed E-state index contributed by atoms with van der Waals surface area (Å²) in [6.07, 6.45) is 2.62. The van der Waals surface area contributed by atoms with Crippen molar-refractivity contribution in [1.82, 2.24) is 15.2 Å². The Kier molecular flexibility index (Phi) is 7.35. The quantitative estimate of drug-likeness (QED) is 0.621. The van der Waals surface area contributed by atoms with E-state index in [1.54, 1.807) is 6.20 Å². The number of benzene rings is 1. The number of hydrogen-bond acceptors (Lipinski definition) is 2. The van der Waals surface area contributed by atoms with Gasteiger partial charge in [0.25, 0.3) is 0 Å². The molecule has 1 heterocycles. The number of aromatic nitrogens is 1. The Balaban J connectivity index is 1.99. The Hall–Kier alpha value is -1.78. The van der Waals surface area contributed by atoms with Crippen molar-refractivity contribution in [3.8, 4) is 0 Å². The van der Waals surface area contributed by atoms with E-state index in [1.165, 1.54) is 0 Å². The number of hydrogen-bond donors (Lipinski definition) is 1. The van der Waals surface area contributed by atoms with Crippen LogP contribution in [-0.4, -0.2) is 36.0 Å². The van der Waals surface area contributed by atoms with Crippen molar-refractivity contribution in [2.75, 3.05) is 20.1 Å². The van der Waals surface area contributed by atoms with E-state index in [0.717, 1.165) is 30.2 Å². The molecule has 0 spiro atoms. The van der Waals surface area contributed by atoms with Crippen LogP contribution in [0.2, 0.25) is 10.0 Å². The fourth-order valence-electron chi connectivity index (χ4n) is 2.28. The summed E-state index contributed by atoms with van der Waals surface area (Å²) in [4.78, 5) is 11.1. The fourth-order valence-corrected chi connectivity index (χ4v) is 2.60. The van der Waals surface area contributed by atoms with Gasteiger partial charge in [-0.05, 0) is 36.8 Å². The first-order valence-corrected chi connectivity index (χ1v) is 8.69. The van der Waals surface area contributed by atoms with Crippen molar-refractivity contribution in [1.29, 1.82) is 0 Å². The summed E-state index contributed by atoms with van der Waals surface area (Å²) in [6.45, 7) is 4.26. The molecule has 4 nitrogen and oxygen atoms in total. The molecule has 0 saturated carbocycles. The van der Waals surface area contributed by atoms with Crippen molar-refractivity contribution in [2.45, 2.75) is 19.9 Å². The molecule has 0 amide bonds. The number of guanidine groups is 1. The molecule has 6 heteroatoms. The van der Waals surface area contributed by atoms with Crippen LogP contribution in [0, 0.1) is 0 Å². The van der Waals surface area contributed by atoms with Gasteiger partial charge in [0.2, 0.25) is 0 Å². The first-order chi connectivity index (χ1) is 11.6. The van der Waals surface area contributed by atoms with Crippen molar-refractivity contribution in [3.05, 3.63) is 63.9 Å². The molecule has 0 aliphatic heterocycles. The number of nitrogens with zero attached hydrogens (tertiary/aromatic N) is 3. The molecule has 1 aromatic heterocycles. The SMILES string of the molecule is CCNC(=NCCc1ccccn1)N(C)Cc1ccc(Cl)c(Cl)c1. The first kappa shape index (κ1) is 18.6. The van der Waals surface area contributed by atoms with E-state index in [9.17, 15) is 0 Å². The van der Waals surface area contributed by atoms with E-state index in [1.807, 2.05) is 43.4 Å². The zero-order chi connectivity index (χ0) is 17.4. The van der Waals surface area contributed by atoms with E-state index >= 15 is 0 Å². The summed E-state index contributed by atoms with van der Waals surface area (Å²) in [5.41, 5.74) is 2.13. The maximum atomic E-state index is 6.09. The van der Waals surface area contributed by atoms with Crippen molar-refractivity contribution in [2.24, 2.45) is 4.99 Å². The van der Waals surface area contributed by atoms with Gasteiger partial charge in [0.1, 0.15) is 0 Å². The molecule has 24 heavy (non-hydrogen) atoms. The molecule has 0 unspecified atom stereocenters. The average molecular weight is 365 g/mol. The summed E-state index contributed by atoms with van der Waals surface area (Å²) in [6, 6.07) is 11.6. The van der Waals surface area contributed by atoms with Gasteiger partial charge in [0.15, 0.2) is 5.96 Å². The van der Waals surface area contributed by atoms with Gasteiger partial charge in [0, 0.05) is 45.0 Å². The molecule has 2 rings (SSSR count). The zero-order valence-corrected chi connectivity index (χ0v) is 15.5. The number of rotatable bonds is 6. The van der Waals surface area contributed by atoms with Crippen molar-refractivity contribution >= 4 is 29.2 Å². The normalized spacial score (nSPS) is 11.4. The summed E-state index contributed by atoms with van der Waals surface area (Å²) in [7, 11) is 2.00. The maximum Gasteiger partial charge on any atom is 0.193 e. The Morgan fingerprint density at radius 1 is 1.21 bits per heavy atom. The minimum absolute atomic E-state index is 0.569. The maximum absolute atomic E-state index is 6.09. The van der Waals surface area contributed by atoms with Gasteiger partial charge in [-0.25, -0.2) is 0 Å². The highest BCUT2D eigenvalue weighted by Gasteiger charge is 2.08. The van der Waals surface area contributed by atoms with Crippen LogP contribution in [0.3, 0.4) is 0 Å². The van der Waals surface area contributed by atoms with E-state index < -0.39 is 0 Å². The highest BCUT2D eigenvalue weighted by molar-refractivity contribution is 6.42. The lowest BCUT2D eigenvalue weighted by Gasteiger charge is -2.22. The zero-order valence-electron chi connectivity index (χ0n) is 14.0. The Labute approximate surface area is 153 Å². The van der Waals surface area contributed by atoms with Gasteiger partial charge in [-0.2, -0.15) is 0 Å². The van der Waals surface area contributed by atoms with Crippen LogP contribution >= 0.6 is 23.2 Å². The van der Waals surface area contributed by atoms with Crippen LogP contribution in [0.4, 0.5) is 0 Å². The van der Waals surface area contributed by atoms with Crippen LogP contribution in [0.25, 0.3) is 0 Å². The van der Waals surface area contributed by atoms with Gasteiger partial charge in [-0.3, -0.25) is 9.98 Å². The standard InChI is InChI=1S/C18H22Cl2N4/c1-3-21-18(23-11-9-15-6-4-5-10-22-15)24(2)13-14-7-8-16(19)17(20)12-14/h4-8,10,12H,3,9,11,13H2,1-2H3,(H,21,23). The molecule has 0 aliphatic carbocycles. The Morgan fingerprint density at radius 2 is 2.04 bits per heavy atom. The molecule has 0 saturated heterocycles. The molecule has 0 atom stereocenters. The van der Waals surface area contributed by atoms with Gasteiger partial charge >= 0.3 is 0 Å². The third-order valence-corrected chi connectivity index (χ3v) is 4.19. The molecule has 0 fully saturated rings. The molecule has 1 aromatic carbocycles. The van der Waals surface area contributed by atoms with Crippen LogP contribution in [0.5, 0.6) is 0 Å². The lowest BCUT2D eigenvalue weighted by atomic mass is 10.2. The summed E-state index contributed by atoms with van der Waals surface area (Å²) in [5.74, 6) is 0.861. The lowest BCUT2D eigenvalue weighted by Crippen LogP contribution is -2.38. The van der Waals surface area contributed by atoms with Crippen LogP contribution in [0.1, 0.15) is 18.2 Å². The monoisotopic (exact) mass is 364 g/mol. The highest BCUT2D eigenvalue weighted by atomic mass is 35.5. The van der Waals surface area contributed by atoms with Gasteiger partial charge in [-0.15, -0.1) is 0 Å². The largest absolute Gasteiger partial charge is 0.357 e. The fraction of sp³-hybridized carbons (Fsp3) is 0.333. The van der Waals surface area contributed by atoms with E-state index in [-0.39, 0.29) is 0 Å². The Morgan fingerprint density at radius 3 is 2.71 bits per heavy atom. The molecular formula is C18H22Cl2N4. The smallest absolute Gasteiger partial charge is 0.193 e. The lowest BCUT2D eigenvalue weighted by molar-refractivity contribution is 0.477. The molecular weight excluding hydrogens is 343 g/mol. The second kappa shape index (κ2) is 9.50. The van der Waals surface area contributed by atoms with Crippen LogP contribution in [-0.2, 0) is 13.0 Å². The summed E-state index contributed by atoms with van der Waals surface area (Å²) >= 11 is 12.1. The molecule has 1 N–H and O–H groups in total. The van der Waals surface area contributed by atoms with Gasteiger partial charge in [0.05, 0.1) is 10.0 Å². The number of nitrogens with one attached hydrogen (secondary N) is 1. The molecule has 0 bridgehead atoms. The number of pyridine rings is 1. The number of halogens is 2. The van der Waals surface area contributed by atoms with E-state index in [0.29, 0.717) is 23.1 Å². The predicted molar refractivity (Wildman–Crippen MR) is 102 cm³/mol. The van der Waals surface area contributed by atoms with E-state index in [2.05, 4.69) is 27.1 Å². The minimum atomic E-state index is 0.569. The van der Waals surface area contributed by atoms with E-state index in [4.69, 9.17) is 23.2 Å². The first-order valence-electron chi connectivity index (χ1n) is 7.93. The third-order valence-electron chi connectivity index (χ3n) is 3.46. The van der Waals surface area contributed by atoms with Crippen LogP contribution in [0.15, 0.2) is 47.6 Å². The molecule has 128 valence electrons. The summed E-state index contributed by atoms with van der Waals surface area (Å²) in [5, 5.41) is 4.45. The predicted octanol–water partition coefficient (Wildman–Crippen LogP) is 4.03. The third kappa shape index (κ3) is 5.69. The summed E-state index contributed by atoms with van der Waals surface area (Å²) < 4.78 is 0. The van der Waals surface area contributed by atoms with Crippen molar-refractivity contribution in [3.63, 3.8) is 0 Å². The second-order valence-electron chi connectivity index (χ2n) is 5.41. The van der Waals surface area contributed by atoms with Crippen molar-refractivity contribution < 1.29 is 0 Å². The highest BCUT2D eigenvalue weighted by Crippen LogP contribution is 2.23. The van der Waals surface area contributed by atoms with Gasteiger partial charge in [-0.1, -0.05) is 35.3 Å². The van der Waals surface area contributed by atoms with Crippen LogP contribution < -0.4 is 5.32 Å². The molecule has 2 aromatic rings. The van der Waals surface area contributed by atoms with Gasteiger partial charge < -0.3 is 10.2 Å². The average Bonchev–Trinajstić information content (AvgIpc) is 2.58. The topological polar surface area (TPSA) is 40.5 Å². The minimum Gasteiger partial charge on any atom is -0.357 e. The second-order valence-corrected chi connectivity index (χ2v) is 6.23.